The lowest BCUT2D eigenvalue weighted by Gasteiger charge is -2.12. The molecular formula is C24H30N4O4S. The van der Waals surface area contributed by atoms with Gasteiger partial charge in [0, 0.05) is 18.2 Å². The monoisotopic (exact) mass is 470 g/mol. The summed E-state index contributed by atoms with van der Waals surface area (Å²) in [5.41, 5.74) is 1.50. The number of ether oxygens (including phenoxy) is 3. The molecule has 0 unspecified atom stereocenters. The Hall–Kier alpha value is -3.20. The van der Waals surface area contributed by atoms with Gasteiger partial charge in [-0.15, -0.1) is 10.2 Å². The molecule has 0 spiro atoms. The molecule has 0 bridgehead atoms. The van der Waals surface area contributed by atoms with Gasteiger partial charge in [-0.25, -0.2) is 0 Å². The van der Waals surface area contributed by atoms with Crippen molar-refractivity contribution in [2.24, 2.45) is 5.92 Å². The van der Waals surface area contributed by atoms with Gasteiger partial charge < -0.3 is 24.1 Å². The summed E-state index contributed by atoms with van der Waals surface area (Å²) in [6.45, 7) is 7.62. The highest BCUT2D eigenvalue weighted by molar-refractivity contribution is 7.99. The van der Waals surface area contributed by atoms with Crippen LogP contribution in [0.2, 0.25) is 0 Å². The molecular weight excluding hydrogens is 440 g/mol. The predicted octanol–water partition coefficient (Wildman–Crippen LogP) is 4.75. The van der Waals surface area contributed by atoms with Crippen molar-refractivity contribution in [2.45, 2.75) is 32.5 Å². The van der Waals surface area contributed by atoms with Crippen LogP contribution in [0.25, 0.3) is 11.4 Å². The minimum Gasteiger partial charge on any atom is -0.497 e. The van der Waals surface area contributed by atoms with Crippen LogP contribution in [-0.4, -0.2) is 47.3 Å². The second-order valence-electron chi connectivity index (χ2n) is 7.68. The first kappa shape index (κ1) is 24.4. The maximum atomic E-state index is 12.6. The van der Waals surface area contributed by atoms with E-state index >= 15 is 0 Å². The molecule has 0 aliphatic carbocycles. The molecule has 0 aliphatic heterocycles. The number of nitrogens with one attached hydrogen (secondary N) is 1. The summed E-state index contributed by atoms with van der Waals surface area (Å²) in [6.07, 6.45) is 0. The van der Waals surface area contributed by atoms with Crippen molar-refractivity contribution < 1.29 is 19.0 Å². The number of nitrogens with zero attached hydrogens (tertiary/aromatic N) is 3. The van der Waals surface area contributed by atoms with E-state index in [4.69, 9.17) is 14.2 Å². The van der Waals surface area contributed by atoms with Crippen molar-refractivity contribution in [3.63, 3.8) is 0 Å². The highest BCUT2D eigenvalue weighted by atomic mass is 32.2. The summed E-state index contributed by atoms with van der Waals surface area (Å²) in [4.78, 5) is 12.6. The molecule has 0 saturated carbocycles. The zero-order chi connectivity index (χ0) is 23.8. The van der Waals surface area contributed by atoms with Crippen LogP contribution in [0, 0.1) is 5.92 Å². The second-order valence-corrected chi connectivity index (χ2v) is 8.63. The molecule has 0 radical (unpaired) electrons. The fraction of sp³-hybridized carbons (Fsp3) is 0.375. The van der Waals surface area contributed by atoms with Crippen molar-refractivity contribution >= 4 is 23.4 Å². The summed E-state index contributed by atoms with van der Waals surface area (Å²) in [6, 6.07) is 13.1. The zero-order valence-electron chi connectivity index (χ0n) is 19.6. The van der Waals surface area contributed by atoms with Crippen molar-refractivity contribution in [1.82, 2.24) is 14.8 Å². The van der Waals surface area contributed by atoms with Crippen LogP contribution in [0.4, 0.5) is 5.69 Å². The Labute approximate surface area is 198 Å². The number of amides is 1. The topological polar surface area (TPSA) is 87.5 Å². The van der Waals surface area contributed by atoms with Gasteiger partial charge in [-0.1, -0.05) is 25.6 Å². The number of methoxy groups -OCH3 is 2. The van der Waals surface area contributed by atoms with Gasteiger partial charge in [-0.3, -0.25) is 4.79 Å². The standard InChI is InChI=1S/C24H30N4O4S/c1-6-28-23(17-7-9-18(10-8-17)32-14-16(2)3)26-27-24(28)33-15-22(29)25-20-13-19(30-4)11-12-21(20)31-5/h7-13,16H,6,14-15H2,1-5H3,(H,25,29). The molecule has 33 heavy (non-hydrogen) atoms. The Morgan fingerprint density at radius 2 is 1.79 bits per heavy atom. The smallest absolute Gasteiger partial charge is 0.234 e. The van der Waals surface area contributed by atoms with Gasteiger partial charge in [0.15, 0.2) is 11.0 Å². The molecule has 0 atom stereocenters. The number of hydrogen-bond donors (Lipinski definition) is 1. The van der Waals surface area contributed by atoms with Crippen molar-refractivity contribution in [3.8, 4) is 28.6 Å². The number of anilines is 1. The molecule has 2 aromatic carbocycles. The third-order valence-corrected chi connectivity index (χ3v) is 5.71. The maximum Gasteiger partial charge on any atom is 0.234 e. The van der Waals surface area contributed by atoms with Crippen LogP contribution in [0.15, 0.2) is 47.6 Å². The number of hydrogen-bond acceptors (Lipinski definition) is 7. The summed E-state index contributed by atoms with van der Waals surface area (Å²) in [5.74, 6) is 3.25. The van der Waals surface area contributed by atoms with E-state index in [0.717, 1.165) is 17.1 Å². The molecule has 0 fully saturated rings. The molecule has 9 heteroatoms. The van der Waals surface area contributed by atoms with E-state index in [1.807, 2.05) is 35.8 Å². The molecule has 1 heterocycles. The first-order valence-electron chi connectivity index (χ1n) is 10.8. The van der Waals surface area contributed by atoms with E-state index in [1.165, 1.54) is 11.8 Å². The van der Waals surface area contributed by atoms with Crippen molar-refractivity contribution in [1.29, 1.82) is 0 Å². The fourth-order valence-corrected chi connectivity index (χ4v) is 3.89. The molecule has 0 aliphatic rings. The number of rotatable bonds is 11. The Morgan fingerprint density at radius 3 is 2.42 bits per heavy atom. The van der Waals surface area contributed by atoms with Crippen LogP contribution in [0.5, 0.6) is 17.2 Å². The lowest BCUT2D eigenvalue weighted by molar-refractivity contribution is -0.113. The van der Waals surface area contributed by atoms with Gasteiger partial charge in [-0.2, -0.15) is 0 Å². The van der Waals surface area contributed by atoms with Gasteiger partial charge in [0.25, 0.3) is 0 Å². The van der Waals surface area contributed by atoms with E-state index < -0.39 is 0 Å². The van der Waals surface area contributed by atoms with Gasteiger partial charge in [0.1, 0.15) is 17.2 Å². The Balaban J connectivity index is 1.66. The van der Waals surface area contributed by atoms with Crippen LogP contribution in [0.3, 0.4) is 0 Å². The Morgan fingerprint density at radius 1 is 1.06 bits per heavy atom. The Kier molecular flexibility index (Phi) is 8.59. The highest BCUT2D eigenvalue weighted by Gasteiger charge is 2.16. The average Bonchev–Trinajstić information content (AvgIpc) is 3.24. The summed E-state index contributed by atoms with van der Waals surface area (Å²) < 4.78 is 18.3. The number of carbonyl (C=O) groups excluding carboxylic acids is 1. The van der Waals surface area contributed by atoms with Gasteiger partial charge in [0.2, 0.25) is 5.91 Å². The molecule has 0 saturated heterocycles. The largest absolute Gasteiger partial charge is 0.497 e. The third kappa shape index (κ3) is 6.41. The molecule has 1 N–H and O–H groups in total. The summed E-state index contributed by atoms with van der Waals surface area (Å²) in [7, 11) is 3.13. The fourth-order valence-electron chi connectivity index (χ4n) is 3.09. The molecule has 176 valence electrons. The van der Waals surface area contributed by atoms with E-state index in [1.54, 1.807) is 32.4 Å². The quantitative estimate of drug-likeness (QED) is 0.405. The van der Waals surface area contributed by atoms with Gasteiger partial charge in [-0.05, 0) is 49.2 Å². The molecule has 1 amide bonds. The lowest BCUT2D eigenvalue weighted by Crippen LogP contribution is -2.15. The minimum atomic E-state index is -0.176. The number of carbonyl (C=O) groups is 1. The van der Waals surface area contributed by atoms with Crippen molar-refractivity contribution in [3.05, 3.63) is 42.5 Å². The van der Waals surface area contributed by atoms with Crippen LogP contribution in [-0.2, 0) is 11.3 Å². The first-order valence-corrected chi connectivity index (χ1v) is 11.7. The van der Waals surface area contributed by atoms with E-state index in [9.17, 15) is 4.79 Å². The van der Waals surface area contributed by atoms with Gasteiger partial charge in [0.05, 0.1) is 32.3 Å². The van der Waals surface area contributed by atoms with Gasteiger partial charge >= 0.3 is 0 Å². The first-order chi connectivity index (χ1) is 15.9. The third-order valence-electron chi connectivity index (χ3n) is 4.74. The zero-order valence-corrected chi connectivity index (χ0v) is 20.4. The van der Waals surface area contributed by atoms with E-state index in [-0.39, 0.29) is 11.7 Å². The Bertz CT molecular complexity index is 1070. The van der Waals surface area contributed by atoms with Crippen LogP contribution < -0.4 is 19.5 Å². The van der Waals surface area contributed by atoms with Crippen LogP contribution in [0.1, 0.15) is 20.8 Å². The minimum absolute atomic E-state index is 0.176. The summed E-state index contributed by atoms with van der Waals surface area (Å²) in [5, 5.41) is 12.2. The molecule has 1 aromatic heterocycles. The normalized spacial score (nSPS) is 10.8. The van der Waals surface area contributed by atoms with E-state index in [2.05, 4.69) is 29.4 Å². The lowest BCUT2D eigenvalue weighted by atomic mass is 10.2. The maximum absolute atomic E-state index is 12.6. The molecule has 3 rings (SSSR count). The number of thioether (sulfide) groups is 1. The summed E-state index contributed by atoms with van der Waals surface area (Å²) >= 11 is 1.33. The van der Waals surface area contributed by atoms with E-state index in [0.29, 0.717) is 41.4 Å². The molecule has 3 aromatic rings. The number of benzene rings is 2. The number of aromatic nitrogens is 3. The average molecular weight is 471 g/mol. The molecule has 8 nitrogen and oxygen atoms in total. The predicted molar refractivity (Wildman–Crippen MR) is 130 cm³/mol. The van der Waals surface area contributed by atoms with Crippen LogP contribution >= 0.6 is 11.8 Å². The highest BCUT2D eigenvalue weighted by Crippen LogP contribution is 2.30. The van der Waals surface area contributed by atoms with Crippen molar-refractivity contribution in [2.75, 3.05) is 31.9 Å². The second kappa shape index (κ2) is 11.6. The SMILES string of the molecule is CCn1c(SCC(=O)Nc2cc(OC)ccc2OC)nnc1-c1ccc(OCC(C)C)cc1.